The van der Waals surface area contributed by atoms with Crippen molar-refractivity contribution in [1.82, 2.24) is 14.8 Å². The normalized spacial score (nSPS) is 11.0. The third-order valence-corrected chi connectivity index (χ3v) is 5.36. The first-order chi connectivity index (χ1) is 14.4. The Morgan fingerprint density at radius 1 is 1.20 bits per heavy atom. The average Bonchev–Trinajstić information content (AvgIpc) is 3.33. The van der Waals surface area contributed by atoms with Gasteiger partial charge in [-0.25, -0.2) is 4.79 Å². The van der Waals surface area contributed by atoms with E-state index >= 15 is 0 Å². The number of hydrogen-bond donors (Lipinski definition) is 1. The minimum absolute atomic E-state index is 0.0832. The van der Waals surface area contributed by atoms with Gasteiger partial charge in [0, 0.05) is 11.7 Å². The molecule has 1 amide bonds. The van der Waals surface area contributed by atoms with Gasteiger partial charge in [0.25, 0.3) is 0 Å². The molecule has 158 valence electrons. The summed E-state index contributed by atoms with van der Waals surface area (Å²) < 4.78 is 13.1. The predicted octanol–water partition coefficient (Wildman–Crippen LogP) is 4.79. The molecule has 3 aromatic rings. The van der Waals surface area contributed by atoms with Gasteiger partial charge in [0.15, 0.2) is 15.6 Å². The molecule has 30 heavy (non-hydrogen) atoms. The molecule has 0 unspecified atom stereocenters. The maximum absolute atomic E-state index is 12.4. The Morgan fingerprint density at radius 3 is 2.53 bits per heavy atom. The van der Waals surface area contributed by atoms with Crippen molar-refractivity contribution in [3.63, 3.8) is 0 Å². The highest BCUT2D eigenvalue weighted by Crippen LogP contribution is 2.30. The van der Waals surface area contributed by atoms with E-state index in [-0.39, 0.29) is 17.7 Å². The lowest BCUT2D eigenvalue weighted by atomic mass is 10.2. The third-order valence-electron chi connectivity index (χ3n) is 3.99. The molecule has 1 N–H and O–H groups in total. The van der Waals surface area contributed by atoms with Gasteiger partial charge >= 0.3 is 5.97 Å². The van der Waals surface area contributed by atoms with Crippen LogP contribution in [-0.4, -0.2) is 39.0 Å². The Balaban J connectivity index is 1.63. The van der Waals surface area contributed by atoms with Crippen molar-refractivity contribution < 1.29 is 18.7 Å². The molecular weight excluding hydrogens is 472 g/mol. The lowest BCUT2D eigenvalue weighted by molar-refractivity contribution is -0.113. The van der Waals surface area contributed by atoms with Crippen LogP contribution in [0.25, 0.3) is 11.6 Å². The van der Waals surface area contributed by atoms with Crippen LogP contribution in [0, 0.1) is 0 Å². The van der Waals surface area contributed by atoms with Crippen LogP contribution in [0.4, 0.5) is 5.69 Å². The van der Waals surface area contributed by atoms with Gasteiger partial charge in [-0.3, -0.25) is 9.36 Å². The minimum Gasteiger partial charge on any atom is -0.462 e. The highest BCUT2D eigenvalue weighted by atomic mass is 79.9. The third kappa shape index (κ3) is 5.31. The summed E-state index contributed by atoms with van der Waals surface area (Å²) in [5.74, 6) is 0.781. The fourth-order valence-corrected chi connectivity index (χ4v) is 3.85. The van der Waals surface area contributed by atoms with E-state index in [2.05, 4.69) is 31.4 Å². The summed E-state index contributed by atoms with van der Waals surface area (Å²) in [4.78, 5) is 24.1. The van der Waals surface area contributed by atoms with E-state index in [0.29, 0.717) is 39.3 Å². The van der Waals surface area contributed by atoms with Crippen molar-refractivity contribution in [1.29, 1.82) is 0 Å². The summed E-state index contributed by atoms with van der Waals surface area (Å²) in [7, 11) is 0. The van der Waals surface area contributed by atoms with E-state index in [0.717, 1.165) is 0 Å². The number of amides is 1. The monoisotopic (exact) mass is 492 g/mol. The van der Waals surface area contributed by atoms with E-state index < -0.39 is 5.97 Å². The van der Waals surface area contributed by atoms with Gasteiger partial charge in [0.1, 0.15) is 0 Å². The smallest absolute Gasteiger partial charge is 0.338 e. The number of nitrogens with zero attached hydrogens (tertiary/aromatic N) is 3. The van der Waals surface area contributed by atoms with Crippen molar-refractivity contribution in [3.05, 3.63) is 46.6 Å². The van der Waals surface area contributed by atoms with Crippen LogP contribution in [0.1, 0.15) is 37.2 Å². The van der Waals surface area contributed by atoms with Crippen LogP contribution in [0.2, 0.25) is 0 Å². The molecule has 0 spiro atoms. The zero-order chi connectivity index (χ0) is 21.7. The molecular formula is C20H21BrN4O4S. The molecule has 10 heteroatoms. The molecule has 0 bridgehead atoms. The quantitative estimate of drug-likeness (QED) is 0.356. The second-order valence-corrected chi connectivity index (χ2v) is 8.23. The maximum atomic E-state index is 12.4. The summed E-state index contributed by atoms with van der Waals surface area (Å²) in [5, 5.41) is 11.9. The Hall–Kier alpha value is -2.59. The van der Waals surface area contributed by atoms with Crippen LogP contribution in [0.3, 0.4) is 0 Å². The molecule has 1 aromatic carbocycles. The molecule has 0 radical (unpaired) electrons. The van der Waals surface area contributed by atoms with E-state index in [9.17, 15) is 9.59 Å². The second-order valence-electron chi connectivity index (χ2n) is 6.51. The topological polar surface area (TPSA) is 99.2 Å². The van der Waals surface area contributed by atoms with Crippen LogP contribution >= 0.6 is 27.7 Å². The number of furan rings is 1. The van der Waals surface area contributed by atoms with Crippen molar-refractivity contribution in [2.45, 2.75) is 32.0 Å². The summed E-state index contributed by atoms with van der Waals surface area (Å²) in [6.45, 7) is 6.09. The molecule has 0 aliphatic carbocycles. The first-order valence-electron chi connectivity index (χ1n) is 9.29. The molecule has 0 atom stereocenters. The number of carbonyl (C=O) groups excluding carboxylic acids is 2. The Labute approximate surface area is 186 Å². The minimum atomic E-state index is -0.390. The molecule has 8 nitrogen and oxygen atoms in total. The van der Waals surface area contributed by atoms with Gasteiger partial charge < -0.3 is 14.5 Å². The molecule has 0 saturated heterocycles. The first kappa shape index (κ1) is 22.1. The van der Waals surface area contributed by atoms with Crippen LogP contribution in [-0.2, 0) is 9.53 Å². The number of aromatic nitrogens is 3. The number of nitrogens with one attached hydrogen (secondary N) is 1. The number of hydrogen-bond acceptors (Lipinski definition) is 7. The summed E-state index contributed by atoms with van der Waals surface area (Å²) in [5.41, 5.74) is 1.03. The molecule has 0 fully saturated rings. The SMILES string of the molecule is CCOC(=O)c1ccc(NC(=O)CSc2nnc(-c3ccc(Br)o3)n2C(C)C)cc1. The Bertz CT molecular complexity index is 1030. The number of benzene rings is 1. The zero-order valence-corrected chi connectivity index (χ0v) is 19.1. The van der Waals surface area contributed by atoms with Crippen molar-refractivity contribution in [2.24, 2.45) is 0 Å². The van der Waals surface area contributed by atoms with E-state index in [1.54, 1.807) is 37.3 Å². The molecule has 0 aliphatic heterocycles. The van der Waals surface area contributed by atoms with Crippen LogP contribution in [0.5, 0.6) is 0 Å². The standard InChI is InChI=1S/C20H21BrN4O4S/c1-4-28-19(27)13-5-7-14(8-6-13)22-17(26)11-30-20-24-23-18(25(20)12(2)3)15-9-10-16(21)29-15/h5-10,12H,4,11H2,1-3H3,(H,22,26). The molecule has 2 aromatic heterocycles. The zero-order valence-electron chi connectivity index (χ0n) is 16.7. The van der Waals surface area contributed by atoms with E-state index in [4.69, 9.17) is 9.15 Å². The Kier molecular flexibility index (Phi) is 7.33. The number of esters is 1. The number of rotatable bonds is 8. The first-order valence-corrected chi connectivity index (χ1v) is 11.1. The predicted molar refractivity (Wildman–Crippen MR) is 118 cm³/mol. The van der Waals surface area contributed by atoms with E-state index in [1.165, 1.54) is 11.8 Å². The average molecular weight is 493 g/mol. The van der Waals surface area contributed by atoms with Crippen LogP contribution in [0.15, 0.2) is 50.6 Å². The van der Waals surface area contributed by atoms with Crippen molar-refractivity contribution >= 4 is 45.3 Å². The van der Waals surface area contributed by atoms with Gasteiger partial charge in [-0.05, 0) is 73.1 Å². The van der Waals surface area contributed by atoms with Gasteiger partial charge in [-0.15, -0.1) is 10.2 Å². The fraction of sp³-hybridized carbons (Fsp3) is 0.300. The number of carbonyl (C=O) groups is 2. The highest BCUT2D eigenvalue weighted by molar-refractivity contribution is 9.10. The lowest BCUT2D eigenvalue weighted by Crippen LogP contribution is -2.15. The molecule has 0 aliphatic rings. The molecule has 0 saturated carbocycles. The van der Waals surface area contributed by atoms with Gasteiger partial charge in [0.2, 0.25) is 11.7 Å². The largest absolute Gasteiger partial charge is 0.462 e. The van der Waals surface area contributed by atoms with Crippen molar-refractivity contribution in [3.8, 4) is 11.6 Å². The van der Waals surface area contributed by atoms with Gasteiger partial charge in [-0.2, -0.15) is 0 Å². The van der Waals surface area contributed by atoms with Crippen LogP contribution < -0.4 is 5.32 Å². The summed E-state index contributed by atoms with van der Waals surface area (Å²) >= 11 is 4.58. The number of anilines is 1. The molecule has 3 rings (SSSR count). The number of thioether (sulfide) groups is 1. The number of halogens is 1. The van der Waals surface area contributed by atoms with E-state index in [1.807, 2.05) is 24.5 Å². The maximum Gasteiger partial charge on any atom is 0.338 e. The van der Waals surface area contributed by atoms with Gasteiger partial charge in [0.05, 0.1) is 17.9 Å². The molecule has 2 heterocycles. The van der Waals surface area contributed by atoms with Crippen molar-refractivity contribution in [2.75, 3.05) is 17.7 Å². The Morgan fingerprint density at radius 2 is 1.93 bits per heavy atom. The summed E-state index contributed by atoms with van der Waals surface area (Å²) in [6, 6.07) is 10.3. The summed E-state index contributed by atoms with van der Waals surface area (Å²) in [6.07, 6.45) is 0. The number of ether oxygens (including phenoxy) is 1. The fourth-order valence-electron chi connectivity index (χ4n) is 2.67. The highest BCUT2D eigenvalue weighted by Gasteiger charge is 2.20. The second kappa shape index (κ2) is 9.94. The lowest BCUT2D eigenvalue weighted by Gasteiger charge is -2.12. The van der Waals surface area contributed by atoms with Gasteiger partial charge in [-0.1, -0.05) is 11.8 Å².